The molecular formula is C23H32N2O3. The second-order valence-electron chi connectivity index (χ2n) is 9.63. The number of nitrogens with one attached hydrogen (secondary N) is 2. The molecule has 0 aliphatic heterocycles. The fourth-order valence-corrected chi connectivity index (χ4v) is 6.05. The van der Waals surface area contributed by atoms with Crippen LogP contribution in [0.1, 0.15) is 57.9 Å². The van der Waals surface area contributed by atoms with Crippen molar-refractivity contribution in [3.05, 3.63) is 35.9 Å². The molecule has 28 heavy (non-hydrogen) atoms. The number of hydrogen-bond acceptors (Lipinski definition) is 3. The first kappa shape index (κ1) is 19.4. The van der Waals surface area contributed by atoms with Gasteiger partial charge in [0.25, 0.3) is 5.91 Å². The Hall–Kier alpha value is -1.88. The number of hydrogen-bond donors (Lipinski definition) is 2. The van der Waals surface area contributed by atoms with Crippen LogP contribution in [0.2, 0.25) is 0 Å². The fourth-order valence-electron chi connectivity index (χ4n) is 6.05. The van der Waals surface area contributed by atoms with Crippen molar-refractivity contribution in [3.63, 3.8) is 0 Å². The largest absolute Gasteiger partial charge is 0.343 e. The van der Waals surface area contributed by atoms with E-state index in [0.29, 0.717) is 24.4 Å². The van der Waals surface area contributed by atoms with E-state index < -0.39 is 6.04 Å². The second-order valence-corrected chi connectivity index (χ2v) is 9.63. The van der Waals surface area contributed by atoms with Gasteiger partial charge in [-0.3, -0.25) is 14.4 Å². The molecule has 0 spiro atoms. The predicted molar refractivity (Wildman–Crippen MR) is 107 cm³/mol. The molecule has 1 unspecified atom stereocenters. The molecule has 4 bridgehead atoms. The van der Waals surface area contributed by atoms with Crippen molar-refractivity contribution in [3.8, 4) is 0 Å². The zero-order chi connectivity index (χ0) is 19.7. The van der Waals surface area contributed by atoms with Crippen molar-refractivity contribution in [2.24, 2.45) is 29.1 Å². The summed E-state index contributed by atoms with van der Waals surface area (Å²) in [4.78, 5) is 31.4. The lowest BCUT2D eigenvalue weighted by Gasteiger charge is -2.55. The molecule has 4 saturated carbocycles. The Morgan fingerprint density at radius 3 is 2.14 bits per heavy atom. The van der Waals surface area contributed by atoms with Gasteiger partial charge in [-0.2, -0.15) is 0 Å². The smallest absolute Gasteiger partial charge is 0.266 e. The zero-order valence-corrected chi connectivity index (χ0v) is 16.9. The minimum atomic E-state index is -0.573. The van der Waals surface area contributed by atoms with Gasteiger partial charge in [0.05, 0.1) is 6.61 Å². The third-order valence-corrected chi connectivity index (χ3v) is 7.01. The summed E-state index contributed by atoms with van der Waals surface area (Å²) in [5.41, 5.74) is 3.28. The molecule has 0 radical (unpaired) electrons. The van der Waals surface area contributed by atoms with E-state index in [9.17, 15) is 9.59 Å². The van der Waals surface area contributed by atoms with Gasteiger partial charge in [-0.1, -0.05) is 44.2 Å². The van der Waals surface area contributed by atoms with Gasteiger partial charge in [0.15, 0.2) is 0 Å². The van der Waals surface area contributed by atoms with E-state index in [2.05, 4.69) is 10.8 Å². The number of amides is 2. The molecule has 5 heteroatoms. The van der Waals surface area contributed by atoms with Crippen LogP contribution >= 0.6 is 0 Å². The minimum absolute atomic E-state index is 0.00168. The van der Waals surface area contributed by atoms with E-state index in [0.717, 1.165) is 24.8 Å². The van der Waals surface area contributed by atoms with Crippen LogP contribution in [0.5, 0.6) is 0 Å². The third-order valence-electron chi connectivity index (χ3n) is 7.01. The second kappa shape index (κ2) is 7.86. The van der Waals surface area contributed by atoms with Gasteiger partial charge in [0.2, 0.25) is 5.91 Å². The Kier molecular flexibility index (Phi) is 5.46. The van der Waals surface area contributed by atoms with Gasteiger partial charge in [0, 0.05) is 5.41 Å². The highest BCUT2D eigenvalue weighted by molar-refractivity contribution is 5.90. The molecule has 5 rings (SSSR count). The summed E-state index contributed by atoms with van der Waals surface area (Å²) in [6, 6.07) is 9.13. The van der Waals surface area contributed by atoms with E-state index in [1.165, 1.54) is 19.3 Å². The SMILES string of the molecule is CC(C)C(NC(=O)C12CC3CC(CC(C3)C1)C2)C(=O)NOCc1ccccc1. The van der Waals surface area contributed by atoms with Crippen LogP contribution in [-0.4, -0.2) is 17.9 Å². The van der Waals surface area contributed by atoms with E-state index in [1.807, 2.05) is 44.2 Å². The van der Waals surface area contributed by atoms with Crippen molar-refractivity contribution >= 4 is 11.8 Å². The van der Waals surface area contributed by atoms with Crippen LogP contribution in [0.3, 0.4) is 0 Å². The Morgan fingerprint density at radius 2 is 1.61 bits per heavy atom. The molecular weight excluding hydrogens is 352 g/mol. The third kappa shape index (κ3) is 3.95. The summed E-state index contributed by atoms with van der Waals surface area (Å²) in [6.07, 6.45) is 6.90. The maximum absolute atomic E-state index is 13.3. The summed E-state index contributed by atoms with van der Waals surface area (Å²) in [6.45, 7) is 4.23. The maximum atomic E-state index is 13.3. The van der Waals surface area contributed by atoms with Crippen LogP contribution in [0.4, 0.5) is 0 Å². The van der Waals surface area contributed by atoms with E-state index >= 15 is 0 Å². The molecule has 4 fully saturated rings. The summed E-state index contributed by atoms with van der Waals surface area (Å²) in [5, 5.41) is 3.09. The van der Waals surface area contributed by atoms with Crippen LogP contribution in [0.25, 0.3) is 0 Å². The average Bonchev–Trinajstić information content (AvgIpc) is 2.65. The van der Waals surface area contributed by atoms with Crippen LogP contribution in [0, 0.1) is 29.1 Å². The molecule has 1 aromatic rings. The number of rotatable bonds is 7. The summed E-state index contributed by atoms with van der Waals surface area (Å²) in [5.74, 6) is 1.93. The monoisotopic (exact) mass is 384 g/mol. The lowest BCUT2D eigenvalue weighted by atomic mass is 9.49. The topological polar surface area (TPSA) is 67.4 Å². The first-order valence-corrected chi connectivity index (χ1v) is 10.7. The van der Waals surface area contributed by atoms with Crippen molar-refractivity contribution in [2.75, 3.05) is 0 Å². The Bertz CT molecular complexity index is 681. The highest BCUT2D eigenvalue weighted by Crippen LogP contribution is 2.60. The molecule has 5 nitrogen and oxygen atoms in total. The van der Waals surface area contributed by atoms with Gasteiger partial charge in [0.1, 0.15) is 6.04 Å². The van der Waals surface area contributed by atoms with Crippen molar-refractivity contribution in [1.29, 1.82) is 0 Å². The summed E-state index contributed by atoms with van der Waals surface area (Å²) < 4.78 is 0. The van der Waals surface area contributed by atoms with Gasteiger partial charge >= 0.3 is 0 Å². The quantitative estimate of drug-likeness (QED) is 0.706. The summed E-state index contributed by atoms with van der Waals surface area (Å²) >= 11 is 0. The number of carbonyl (C=O) groups excluding carboxylic acids is 2. The molecule has 1 atom stereocenters. The van der Waals surface area contributed by atoms with Crippen molar-refractivity contribution in [2.45, 2.75) is 65.0 Å². The first-order chi connectivity index (χ1) is 13.4. The molecule has 0 saturated heterocycles. The Balaban J connectivity index is 1.35. The van der Waals surface area contributed by atoms with Crippen LogP contribution in [-0.2, 0) is 21.0 Å². The number of carbonyl (C=O) groups is 2. The summed E-state index contributed by atoms with van der Waals surface area (Å²) in [7, 11) is 0. The first-order valence-electron chi connectivity index (χ1n) is 10.7. The molecule has 0 aromatic heterocycles. The highest BCUT2D eigenvalue weighted by atomic mass is 16.6. The molecule has 2 N–H and O–H groups in total. The molecule has 4 aliphatic rings. The van der Waals surface area contributed by atoms with Crippen LogP contribution < -0.4 is 10.8 Å². The van der Waals surface area contributed by atoms with Crippen LogP contribution in [0.15, 0.2) is 30.3 Å². The molecule has 1 aromatic carbocycles. The maximum Gasteiger partial charge on any atom is 0.266 e. The fraction of sp³-hybridized carbons (Fsp3) is 0.652. The zero-order valence-electron chi connectivity index (χ0n) is 16.9. The van der Waals surface area contributed by atoms with Gasteiger partial charge < -0.3 is 5.32 Å². The lowest BCUT2D eigenvalue weighted by molar-refractivity contribution is -0.151. The lowest BCUT2D eigenvalue weighted by Crippen LogP contribution is -2.58. The molecule has 0 heterocycles. The van der Waals surface area contributed by atoms with Crippen molar-refractivity contribution < 1.29 is 14.4 Å². The van der Waals surface area contributed by atoms with Crippen molar-refractivity contribution in [1.82, 2.24) is 10.8 Å². The van der Waals surface area contributed by atoms with Gasteiger partial charge in [-0.15, -0.1) is 0 Å². The standard InChI is InChI=1S/C23H32N2O3/c1-15(2)20(21(26)25-28-14-16-6-4-3-5-7-16)24-22(27)23-11-17-8-18(12-23)10-19(9-17)13-23/h3-7,15,17-20H,8-14H2,1-2H3,(H,24,27)(H,25,26). The number of hydroxylamine groups is 1. The molecule has 4 aliphatic carbocycles. The van der Waals surface area contributed by atoms with Gasteiger partial charge in [-0.25, -0.2) is 5.48 Å². The Labute approximate surface area is 167 Å². The average molecular weight is 385 g/mol. The minimum Gasteiger partial charge on any atom is -0.343 e. The molecule has 152 valence electrons. The normalized spacial score (nSPS) is 31.6. The highest BCUT2D eigenvalue weighted by Gasteiger charge is 2.55. The van der Waals surface area contributed by atoms with E-state index in [1.54, 1.807) is 0 Å². The molecule has 2 amide bonds. The van der Waals surface area contributed by atoms with E-state index in [-0.39, 0.29) is 23.1 Å². The number of benzene rings is 1. The Morgan fingerprint density at radius 1 is 1.04 bits per heavy atom. The van der Waals surface area contributed by atoms with E-state index in [4.69, 9.17) is 4.84 Å². The predicted octanol–water partition coefficient (Wildman–Crippen LogP) is 3.59. The van der Waals surface area contributed by atoms with Gasteiger partial charge in [-0.05, 0) is 67.8 Å².